The van der Waals surface area contributed by atoms with Crippen molar-refractivity contribution in [2.75, 3.05) is 23.8 Å². The third kappa shape index (κ3) is 6.28. The minimum atomic E-state index is -0.866. The molecule has 43 heavy (non-hydrogen) atoms. The van der Waals surface area contributed by atoms with E-state index in [4.69, 9.17) is 0 Å². The first-order valence-corrected chi connectivity index (χ1v) is 15.1. The number of aromatic nitrogens is 2. The van der Waals surface area contributed by atoms with Crippen molar-refractivity contribution in [3.8, 4) is 0 Å². The van der Waals surface area contributed by atoms with Crippen LogP contribution in [0.3, 0.4) is 0 Å². The van der Waals surface area contributed by atoms with Crippen molar-refractivity contribution < 1.29 is 14.7 Å². The Morgan fingerprint density at radius 1 is 0.977 bits per heavy atom. The van der Waals surface area contributed by atoms with Gasteiger partial charge in [-0.25, -0.2) is 9.78 Å². The fourth-order valence-corrected chi connectivity index (χ4v) is 6.48. The molecule has 0 aliphatic carbocycles. The topological polar surface area (TPSA) is 103 Å². The van der Waals surface area contributed by atoms with Gasteiger partial charge in [-0.05, 0) is 94.0 Å². The van der Waals surface area contributed by atoms with Crippen LogP contribution in [0.4, 0.5) is 22.0 Å². The van der Waals surface area contributed by atoms with Crippen molar-refractivity contribution in [2.24, 2.45) is 0 Å². The summed E-state index contributed by atoms with van der Waals surface area (Å²) in [5.41, 5.74) is 3.49. The molecule has 3 N–H and O–H groups in total. The van der Waals surface area contributed by atoms with E-state index in [2.05, 4.69) is 37.6 Å². The van der Waals surface area contributed by atoms with Crippen LogP contribution in [-0.2, 0) is 6.54 Å². The first-order chi connectivity index (χ1) is 20.7. The number of anilines is 3. The number of pyridine rings is 1. The van der Waals surface area contributed by atoms with Crippen LogP contribution < -0.4 is 15.5 Å². The second-order valence-electron chi connectivity index (χ2n) is 12.4. The fourth-order valence-electron chi connectivity index (χ4n) is 6.48. The van der Waals surface area contributed by atoms with Crippen LogP contribution in [0.5, 0.6) is 0 Å². The molecule has 2 aliphatic rings. The van der Waals surface area contributed by atoms with Crippen LogP contribution in [-0.4, -0.2) is 62.8 Å². The van der Waals surface area contributed by atoms with Crippen LogP contribution in [0.15, 0.2) is 73.1 Å². The predicted octanol–water partition coefficient (Wildman–Crippen LogP) is 5.90. The molecule has 2 aromatic carbocycles. The average Bonchev–Trinajstić information content (AvgIpc) is 3.71. The van der Waals surface area contributed by atoms with Crippen molar-refractivity contribution in [1.29, 1.82) is 0 Å². The van der Waals surface area contributed by atoms with E-state index in [1.807, 2.05) is 48.5 Å². The van der Waals surface area contributed by atoms with Crippen LogP contribution in [0.25, 0.3) is 10.9 Å². The molecule has 2 fully saturated rings. The van der Waals surface area contributed by atoms with Gasteiger partial charge >= 0.3 is 6.03 Å². The molecule has 0 spiro atoms. The first-order valence-electron chi connectivity index (χ1n) is 15.1. The number of nitrogens with one attached hydrogen (secondary N) is 2. The minimum absolute atomic E-state index is 0.204. The van der Waals surface area contributed by atoms with Gasteiger partial charge in [0, 0.05) is 73.0 Å². The molecule has 0 radical (unpaired) electrons. The van der Waals surface area contributed by atoms with E-state index in [-0.39, 0.29) is 11.9 Å². The SMILES string of the molecule is CNC(=O)n1ccc2cc(N(CCC(C)(C)O)c3ccnc(NC(=O)c4ccc(CN5[C@H]6CC[C@H]5CC6)cc4)c3)ccc21. The third-order valence-corrected chi connectivity index (χ3v) is 8.85. The Hall–Kier alpha value is -4.21. The summed E-state index contributed by atoms with van der Waals surface area (Å²) in [6, 6.07) is 20.7. The Balaban J connectivity index is 1.20. The molecule has 0 atom stereocenters. The van der Waals surface area contributed by atoms with Crippen molar-refractivity contribution in [3.63, 3.8) is 0 Å². The van der Waals surface area contributed by atoms with Crippen LogP contribution >= 0.6 is 0 Å². The van der Waals surface area contributed by atoms with E-state index in [1.165, 1.54) is 31.2 Å². The fraction of sp³-hybridized carbons (Fsp3) is 0.382. The number of nitrogens with zero attached hydrogens (tertiary/aromatic N) is 4. The van der Waals surface area contributed by atoms with E-state index < -0.39 is 5.60 Å². The summed E-state index contributed by atoms with van der Waals surface area (Å²) in [5, 5.41) is 17.0. The zero-order valence-corrected chi connectivity index (χ0v) is 25.1. The van der Waals surface area contributed by atoms with E-state index in [1.54, 1.807) is 37.9 Å². The number of carbonyl (C=O) groups is 2. The second-order valence-corrected chi connectivity index (χ2v) is 12.4. The molecule has 0 unspecified atom stereocenters. The van der Waals surface area contributed by atoms with E-state index in [0.717, 1.165) is 40.9 Å². The number of fused-ring (bicyclic) bond motifs is 3. The van der Waals surface area contributed by atoms with Crippen molar-refractivity contribution in [1.82, 2.24) is 19.8 Å². The first kappa shape index (κ1) is 28.9. The summed E-state index contributed by atoms with van der Waals surface area (Å²) in [6.45, 7) is 5.06. The lowest BCUT2D eigenvalue weighted by molar-refractivity contribution is 0.0737. The zero-order valence-electron chi connectivity index (χ0n) is 25.1. The monoisotopic (exact) mass is 580 g/mol. The molecule has 9 nitrogen and oxygen atoms in total. The molecular weight excluding hydrogens is 540 g/mol. The van der Waals surface area contributed by atoms with Gasteiger partial charge in [0.1, 0.15) is 5.82 Å². The van der Waals surface area contributed by atoms with E-state index in [0.29, 0.717) is 24.3 Å². The maximum atomic E-state index is 13.2. The summed E-state index contributed by atoms with van der Waals surface area (Å²) in [5.74, 6) is 0.234. The summed E-state index contributed by atoms with van der Waals surface area (Å²) in [7, 11) is 1.61. The van der Waals surface area contributed by atoms with Crippen molar-refractivity contribution in [3.05, 3.63) is 84.2 Å². The molecule has 2 amide bonds. The lowest BCUT2D eigenvalue weighted by Gasteiger charge is -2.28. The Labute approximate surface area is 252 Å². The minimum Gasteiger partial charge on any atom is -0.390 e. The lowest BCUT2D eigenvalue weighted by Crippen LogP contribution is -2.28. The van der Waals surface area contributed by atoms with E-state index >= 15 is 0 Å². The average molecular weight is 581 g/mol. The molecule has 4 heterocycles. The summed E-state index contributed by atoms with van der Waals surface area (Å²) < 4.78 is 1.57. The molecule has 224 valence electrons. The molecule has 4 aromatic rings. The molecule has 0 saturated carbocycles. The zero-order chi connectivity index (χ0) is 30.1. The van der Waals surface area contributed by atoms with Gasteiger partial charge in [0.25, 0.3) is 5.91 Å². The standard InChI is InChI=1S/C34H40N6O3/c1-34(2,43)16-19-38(28-12-13-30-25(20-28)15-18-39(30)33(42)35-3)29-14-17-36-31(21-29)37-32(41)24-6-4-23(5-7-24)22-40-26-8-9-27(40)11-10-26/h4-7,12-15,17-18,20-21,26-27,43H,8-11,16,19,22H2,1-3H3,(H,35,42)(H,36,37,41)/t26-,27-. The molecule has 2 aromatic heterocycles. The van der Waals surface area contributed by atoms with Gasteiger partial charge in [0.15, 0.2) is 0 Å². The highest BCUT2D eigenvalue weighted by molar-refractivity contribution is 6.04. The highest BCUT2D eigenvalue weighted by atomic mass is 16.3. The Morgan fingerprint density at radius 2 is 1.67 bits per heavy atom. The van der Waals surface area contributed by atoms with Gasteiger partial charge in [0.2, 0.25) is 0 Å². The normalized spacial score (nSPS) is 18.2. The van der Waals surface area contributed by atoms with Gasteiger partial charge in [-0.2, -0.15) is 0 Å². The maximum absolute atomic E-state index is 13.2. The molecule has 6 rings (SSSR count). The van der Waals surface area contributed by atoms with Gasteiger partial charge in [-0.1, -0.05) is 12.1 Å². The van der Waals surface area contributed by atoms with Gasteiger partial charge in [-0.15, -0.1) is 0 Å². The van der Waals surface area contributed by atoms with Crippen LogP contribution in [0.2, 0.25) is 0 Å². The van der Waals surface area contributed by atoms with E-state index in [9.17, 15) is 14.7 Å². The molecule has 2 bridgehead atoms. The molecular formula is C34H40N6O3. The van der Waals surface area contributed by atoms with Crippen LogP contribution in [0, 0.1) is 0 Å². The van der Waals surface area contributed by atoms with Crippen molar-refractivity contribution in [2.45, 2.75) is 70.2 Å². The van der Waals surface area contributed by atoms with Gasteiger partial charge in [0.05, 0.1) is 11.1 Å². The third-order valence-electron chi connectivity index (χ3n) is 8.85. The van der Waals surface area contributed by atoms with Crippen LogP contribution in [0.1, 0.15) is 61.9 Å². The molecule has 2 saturated heterocycles. The number of hydrogen-bond donors (Lipinski definition) is 3. The predicted molar refractivity (Wildman–Crippen MR) is 170 cm³/mol. The number of benzene rings is 2. The quantitative estimate of drug-likeness (QED) is 0.228. The highest BCUT2D eigenvalue weighted by Gasteiger charge is 2.38. The summed E-state index contributed by atoms with van der Waals surface area (Å²) >= 11 is 0. The number of hydrogen-bond acceptors (Lipinski definition) is 6. The Morgan fingerprint density at radius 3 is 2.35 bits per heavy atom. The number of aliphatic hydroxyl groups is 1. The number of amides is 2. The Kier molecular flexibility index (Phi) is 7.94. The Bertz CT molecular complexity index is 1600. The lowest BCUT2D eigenvalue weighted by atomic mass is 10.0. The maximum Gasteiger partial charge on any atom is 0.325 e. The molecule has 2 aliphatic heterocycles. The number of carbonyl (C=O) groups excluding carboxylic acids is 2. The summed E-state index contributed by atoms with van der Waals surface area (Å²) in [6.07, 6.45) is 9.18. The summed E-state index contributed by atoms with van der Waals surface area (Å²) in [4.78, 5) is 34.6. The highest BCUT2D eigenvalue weighted by Crippen LogP contribution is 2.38. The van der Waals surface area contributed by atoms with Gasteiger partial charge < -0.3 is 20.6 Å². The molecule has 9 heteroatoms. The van der Waals surface area contributed by atoms with Gasteiger partial charge in [-0.3, -0.25) is 14.3 Å². The largest absolute Gasteiger partial charge is 0.390 e. The smallest absolute Gasteiger partial charge is 0.325 e. The second kappa shape index (κ2) is 11.8. The van der Waals surface area contributed by atoms with Crippen molar-refractivity contribution >= 4 is 40.0 Å². The number of rotatable bonds is 9.